The number of hydrogen-bond donors (Lipinski definition) is 1. The number of carbonyl (C=O) groups excluding carboxylic acids is 2. The van der Waals surface area contributed by atoms with Crippen molar-refractivity contribution in [3.63, 3.8) is 0 Å². The number of nitrogens with one attached hydrogen (secondary N) is 1. The van der Waals surface area contributed by atoms with Crippen LogP contribution in [0.3, 0.4) is 0 Å². The molecule has 3 nitrogen and oxygen atoms in total. The molecule has 0 radical (unpaired) electrons. The molecule has 94 valence electrons. The van der Waals surface area contributed by atoms with E-state index < -0.39 is 0 Å². The number of carbonyl (C=O) groups is 2. The van der Waals surface area contributed by atoms with Crippen molar-refractivity contribution in [2.24, 2.45) is 0 Å². The summed E-state index contributed by atoms with van der Waals surface area (Å²) >= 11 is 5.98. The van der Waals surface area contributed by atoms with Crippen LogP contribution in [0.15, 0.2) is 35.0 Å². The second-order valence-electron chi connectivity index (χ2n) is 4.17. The Balaban J connectivity index is 2.34. The molecule has 1 aromatic rings. The van der Waals surface area contributed by atoms with Gasteiger partial charge in [0.15, 0.2) is 0 Å². The van der Waals surface area contributed by atoms with Gasteiger partial charge in [0.1, 0.15) is 10.7 Å². The van der Waals surface area contributed by atoms with E-state index >= 15 is 0 Å². The molecule has 1 aromatic carbocycles. The predicted molar refractivity (Wildman–Crippen MR) is 70.9 cm³/mol. The first-order valence-electron chi connectivity index (χ1n) is 5.99. The molecule has 0 amide bonds. The molecule has 4 heteroatoms. The van der Waals surface area contributed by atoms with Crippen LogP contribution < -0.4 is 5.32 Å². The van der Waals surface area contributed by atoms with Gasteiger partial charge in [0, 0.05) is 17.7 Å². The lowest BCUT2D eigenvalue weighted by molar-refractivity contribution is 0.0974. The Morgan fingerprint density at radius 1 is 1.11 bits per heavy atom. The zero-order valence-corrected chi connectivity index (χ0v) is 10.9. The highest BCUT2D eigenvalue weighted by molar-refractivity contribution is 6.49. The third-order valence-corrected chi connectivity index (χ3v) is 3.25. The molecule has 0 saturated heterocycles. The second kappa shape index (κ2) is 5.36. The van der Waals surface area contributed by atoms with E-state index in [1.165, 1.54) is 0 Å². The van der Waals surface area contributed by atoms with Crippen molar-refractivity contribution < 1.29 is 9.59 Å². The molecule has 0 spiro atoms. The number of benzene rings is 1. The number of halogens is 1. The average Bonchev–Trinajstić information content (AvgIpc) is 2.40. The van der Waals surface area contributed by atoms with Crippen LogP contribution in [-0.4, -0.2) is 18.1 Å². The molecule has 0 unspecified atom stereocenters. The van der Waals surface area contributed by atoms with E-state index in [1.54, 1.807) is 24.3 Å². The topological polar surface area (TPSA) is 46.2 Å². The number of allylic oxidation sites excluding steroid dienone is 2. The molecular formula is C14H14ClNO2. The monoisotopic (exact) mass is 263 g/mol. The van der Waals surface area contributed by atoms with Crippen molar-refractivity contribution in [3.05, 3.63) is 46.1 Å². The second-order valence-corrected chi connectivity index (χ2v) is 4.55. The van der Waals surface area contributed by atoms with E-state index in [0.29, 0.717) is 17.7 Å². The maximum Gasteiger partial charge on any atom is 0.211 e. The van der Waals surface area contributed by atoms with Crippen molar-refractivity contribution in [2.45, 2.75) is 19.8 Å². The van der Waals surface area contributed by atoms with Crippen LogP contribution >= 0.6 is 11.6 Å². The quantitative estimate of drug-likeness (QED) is 0.850. The van der Waals surface area contributed by atoms with Gasteiger partial charge in [0.2, 0.25) is 11.6 Å². The summed E-state index contributed by atoms with van der Waals surface area (Å²) in [5, 5.41) is 2.97. The van der Waals surface area contributed by atoms with Gasteiger partial charge in [0.25, 0.3) is 0 Å². The van der Waals surface area contributed by atoms with Crippen molar-refractivity contribution in [3.8, 4) is 0 Å². The maximum atomic E-state index is 12.2. The molecule has 0 saturated carbocycles. The lowest BCUT2D eigenvalue weighted by Gasteiger charge is -2.18. The summed E-state index contributed by atoms with van der Waals surface area (Å²) in [6, 6.07) is 6.75. The van der Waals surface area contributed by atoms with Crippen molar-refractivity contribution >= 4 is 23.2 Å². The minimum absolute atomic E-state index is 0.00481. The maximum absolute atomic E-state index is 12.2. The Morgan fingerprint density at radius 3 is 2.33 bits per heavy atom. The van der Waals surface area contributed by atoms with Gasteiger partial charge in [-0.3, -0.25) is 9.59 Å². The molecule has 0 atom stereocenters. The Morgan fingerprint density at radius 2 is 1.72 bits per heavy atom. The smallest absolute Gasteiger partial charge is 0.211 e. The van der Waals surface area contributed by atoms with Crippen LogP contribution in [0.25, 0.3) is 0 Å². The van der Waals surface area contributed by atoms with Gasteiger partial charge < -0.3 is 5.32 Å². The molecule has 1 aliphatic carbocycles. The van der Waals surface area contributed by atoms with Crippen LogP contribution in [0.2, 0.25) is 0 Å². The molecule has 2 rings (SSSR count). The van der Waals surface area contributed by atoms with E-state index in [2.05, 4.69) is 12.2 Å². The first-order chi connectivity index (χ1) is 8.66. The Hall–Kier alpha value is -1.61. The fourth-order valence-corrected chi connectivity index (χ4v) is 2.15. The molecule has 0 aliphatic heterocycles. The SMILES string of the molecule is CCCCNC1=C(Cl)C(=O)c2ccccc2C1=O. The molecular weight excluding hydrogens is 250 g/mol. The first-order valence-corrected chi connectivity index (χ1v) is 6.36. The summed E-state index contributed by atoms with van der Waals surface area (Å²) in [7, 11) is 0. The number of unbranched alkanes of at least 4 members (excludes halogenated alkanes) is 1. The van der Waals surface area contributed by atoms with Gasteiger partial charge in [-0.25, -0.2) is 0 Å². The summed E-state index contributed by atoms with van der Waals surface area (Å²) in [5.41, 5.74) is 1.04. The van der Waals surface area contributed by atoms with Crippen molar-refractivity contribution in [1.82, 2.24) is 5.32 Å². The van der Waals surface area contributed by atoms with E-state index in [0.717, 1.165) is 12.8 Å². The Labute approximate surface area is 111 Å². The van der Waals surface area contributed by atoms with Crippen molar-refractivity contribution in [2.75, 3.05) is 6.54 Å². The summed E-state index contributed by atoms with van der Waals surface area (Å²) in [4.78, 5) is 24.2. The zero-order chi connectivity index (χ0) is 13.1. The highest BCUT2D eigenvalue weighted by Gasteiger charge is 2.30. The highest BCUT2D eigenvalue weighted by Crippen LogP contribution is 2.26. The number of ketones is 2. The van der Waals surface area contributed by atoms with Crippen molar-refractivity contribution in [1.29, 1.82) is 0 Å². The van der Waals surface area contributed by atoms with E-state index in [-0.39, 0.29) is 22.3 Å². The van der Waals surface area contributed by atoms with Gasteiger partial charge in [-0.1, -0.05) is 49.2 Å². The van der Waals surface area contributed by atoms with E-state index in [9.17, 15) is 9.59 Å². The standard InChI is InChI=1S/C14H14ClNO2/c1-2-3-8-16-12-11(15)13(17)9-6-4-5-7-10(9)14(12)18/h4-7,16H,2-3,8H2,1H3. The van der Waals surface area contributed by atoms with Crippen LogP contribution in [-0.2, 0) is 0 Å². The number of fused-ring (bicyclic) bond motifs is 1. The summed E-state index contributed by atoms with van der Waals surface area (Å²) < 4.78 is 0. The molecule has 1 aliphatic rings. The summed E-state index contributed by atoms with van der Waals surface area (Å²) in [6.07, 6.45) is 1.94. The minimum Gasteiger partial charge on any atom is -0.381 e. The largest absolute Gasteiger partial charge is 0.381 e. The van der Waals surface area contributed by atoms with E-state index in [4.69, 9.17) is 11.6 Å². The third kappa shape index (κ3) is 2.18. The molecule has 0 fully saturated rings. The van der Waals surface area contributed by atoms with Gasteiger partial charge in [-0.2, -0.15) is 0 Å². The molecule has 0 aromatic heterocycles. The van der Waals surface area contributed by atoms with Crippen LogP contribution in [0.4, 0.5) is 0 Å². The highest BCUT2D eigenvalue weighted by atomic mass is 35.5. The summed E-state index contributed by atoms with van der Waals surface area (Å²) in [5.74, 6) is -0.489. The first kappa shape index (κ1) is 12.8. The van der Waals surface area contributed by atoms with Gasteiger partial charge in [-0.15, -0.1) is 0 Å². The van der Waals surface area contributed by atoms with Crippen LogP contribution in [0.5, 0.6) is 0 Å². The fraction of sp³-hybridized carbons (Fsp3) is 0.286. The van der Waals surface area contributed by atoms with Crippen LogP contribution in [0, 0.1) is 0 Å². The van der Waals surface area contributed by atoms with Gasteiger partial charge in [0.05, 0.1) is 0 Å². The molecule has 0 bridgehead atoms. The molecule has 0 heterocycles. The lowest BCUT2D eigenvalue weighted by atomic mass is 9.92. The third-order valence-electron chi connectivity index (χ3n) is 2.89. The van der Waals surface area contributed by atoms with Crippen LogP contribution in [0.1, 0.15) is 40.5 Å². The number of rotatable bonds is 4. The van der Waals surface area contributed by atoms with Gasteiger partial charge >= 0.3 is 0 Å². The summed E-state index contributed by atoms with van der Waals surface area (Å²) in [6.45, 7) is 2.70. The number of Topliss-reactive ketones (excluding diaryl/α,β-unsaturated/α-hetero) is 2. The Bertz CT molecular complexity index is 534. The van der Waals surface area contributed by atoms with Gasteiger partial charge in [-0.05, 0) is 6.42 Å². The minimum atomic E-state index is -0.286. The average molecular weight is 264 g/mol. The number of hydrogen-bond acceptors (Lipinski definition) is 3. The fourth-order valence-electron chi connectivity index (χ4n) is 1.89. The normalized spacial score (nSPS) is 14.8. The molecule has 1 N–H and O–H groups in total. The van der Waals surface area contributed by atoms with E-state index in [1.807, 2.05) is 0 Å². The lowest BCUT2D eigenvalue weighted by Crippen LogP contribution is -2.29. The zero-order valence-electron chi connectivity index (χ0n) is 10.1. The predicted octanol–water partition coefficient (Wildman–Crippen LogP) is 2.91. The Kier molecular flexibility index (Phi) is 3.82. The molecule has 18 heavy (non-hydrogen) atoms.